The molecule has 0 spiro atoms. The molecule has 2 aliphatic heterocycles. The molecule has 5 rings (SSSR count). The molecule has 4 heterocycles. The van der Waals surface area contributed by atoms with Crippen molar-refractivity contribution in [3.05, 3.63) is 48.3 Å². The number of halogens is 3. The van der Waals surface area contributed by atoms with Crippen LogP contribution in [0, 0.1) is 0 Å². The normalized spacial score (nSPS) is 17.5. The SMILES string of the molecule is COc1cc(Nc2ncn(-c3cccc(C(F)(F)F)c3)n2)nc(N2CCN(C3COC3)CC2)c1. The van der Waals surface area contributed by atoms with Crippen LogP contribution in [0.4, 0.5) is 30.8 Å². The van der Waals surface area contributed by atoms with E-state index < -0.39 is 11.7 Å². The number of methoxy groups -OCH3 is 1. The van der Waals surface area contributed by atoms with E-state index in [9.17, 15) is 13.2 Å². The van der Waals surface area contributed by atoms with Crippen LogP contribution in [0.5, 0.6) is 5.75 Å². The molecular weight excluding hydrogens is 451 g/mol. The predicted molar refractivity (Wildman–Crippen MR) is 119 cm³/mol. The van der Waals surface area contributed by atoms with Crippen LogP contribution in [-0.2, 0) is 10.9 Å². The van der Waals surface area contributed by atoms with Crippen molar-refractivity contribution in [1.82, 2.24) is 24.6 Å². The predicted octanol–water partition coefficient (Wildman–Crippen LogP) is 2.95. The van der Waals surface area contributed by atoms with Crippen LogP contribution >= 0.6 is 0 Å². The monoisotopic (exact) mass is 475 g/mol. The Balaban J connectivity index is 1.31. The Morgan fingerprint density at radius 1 is 1.09 bits per heavy atom. The van der Waals surface area contributed by atoms with Gasteiger partial charge in [0.25, 0.3) is 0 Å². The number of alkyl halides is 3. The zero-order chi connectivity index (χ0) is 23.7. The number of piperazine rings is 1. The fourth-order valence-corrected chi connectivity index (χ4v) is 3.97. The van der Waals surface area contributed by atoms with Gasteiger partial charge in [0.2, 0.25) is 5.95 Å². The molecule has 0 saturated carbocycles. The summed E-state index contributed by atoms with van der Waals surface area (Å²) in [6, 6.07) is 9.01. The molecule has 2 fully saturated rings. The summed E-state index contributed by atoms with van der Waals surface area (Å²) in [5.41, 5.74) is -0.497. The molecule has 12 heteroatoms. The molecule has 0 unspecified atom stereocenters. The molecule has 9 nitrogen and oxygen atoms in total. The first kappa shape index (κ1) is 22.4. The Morgan fingerprint density at radius 3 is 2.56 bits per heavy atom. The van der Waals surface area contributed by atoms with E-state index in [4.69, 9.17) is 9.47 Å². The summed E-state index contributed by atoms with van der Waals surface area (Å²) in [6.07, 6.45) is -3.09. The lowest BCUT2D eigenvalue weighted by atomic mass is 10.2. The van der Waals surface area contributed by atoms with Crippen molar-refractivity contribution in [2.24, 2.45) is 0 Å². The second-order valence-corrected chi connectivity index (χ2v) is 8.15. The Hall–Kier alpha value is -3.38. The van der Waals surface area contributed by atoms with Gasteiger partial charge in [-0.2, -0.15) is 18.2 Å². The number of hydrogen-bond donors (Lipinski definition) is 1. The fraction of sp³-hybridized carbons (Fsp3) is 0.409. The van der Waals surface area contributed by atoms with Crippen LogP contribution in [0.1, 0.15) is 5.56 Å². The minimum atomic E-state index is -4.43. The summed E-state index contributed by atoms with van der Waals surface area (Å²) < 4.78 is 51.1. The number of rotatable bonds is 6. The van der Waals surface area contributed by atoms with Gasteiger partial charge in [0.1, 0.15) is 23.7 Å². The van der Waals surface area contributed by atoms with Gasteiger partial charge in [-0.1, -0.05) is 6.07 Å². The second kappa shape index (κ2) is 9.11. The highest BCUT2D eigenvalue weighted by Crippen LogP contribution is 2.30. The molecule has 2 aromatic heterocycles. The summed E-state index contributed by atoms with van der Waals surface area (Å²) in [7, 11) is 1.58. The zero-order valence-electron chi connectivity index (χ0n) is 18.5. The zero-order valence-corrected chi connectivity index (χ0v) is 18.5. The highest BCUT2D eigenvalue weighted by atomic mass is 19.4. The Kier molecular flexibility index (Phi) is 6.00. The van der Waals surface area contributed by atoms with E-state index in [1.54, 1.807) is 13.2 Å². The van der Waals surface area contributed by atoms with Gasteiger partial charge >= 0.3 is 6.18 Å². The molecular formula is C22H24F3N7O2. The number of benzene rings is 1. The Labute approximate surface area is 194 Å². The number of aromatic nitrogens is 4. The van der Waals surface area contributed by atoms with Crippen molar-refractivity contribution in [2.45, 2.75) is 12.2 Å². The number of pyridine rings is 1. The average molecular weight is 475 g/mol. The van der Waals surface area contributed by atoms with Gasteiger partial charge in [0.05, 0.1) is 37.6 Å². The van der Waals surface area contributed by atoms with E-state index in [1.165, 1.54) is 23.1 Å². The quantitative estimate of drug-likeness (QED) is 0.583. The van der Waals surface area contributed by atoms with Crippen LogP contribution in [0.25, 0.3) is 5.69 Å². The van der Waals surface area contributed by atoms with Crippen LogP contribution in [0.3, 0.4) is 0 Å². The largest absolute Gasteiger partial charge is 0.496 e. The third kappa shape index (κ3) is 4.77. The van der Waals surface area contributed by atoms with Crippen molar-refractivity contribution in [1.29, 1.82) is 0 Å². The Bertz CT molecular complexity index is 1140. The van der Waals surface area contributed by atoms with Crippen LogP contribution < -0.4 is 15.0 Å². The van der Waals surface area contributed by atoms with Gasteiger partial charge in [0, 0.05) is 38.3 Å². The molecule has 0 bridgehead atoms. The molecule has 2 aliphatic rings. The minimum Gasteiger partial charge on any atom is -0.496 e. The van der Waals surface area contributed by atoms with Gasteiger partial charge in [-0.15, -0.1) is 5.10 Å². The van der Waals surface area contributed by atoms with E-state index in [-0.39, 0.29) is 11.6 Å². The van der Waals surface area contributed by atoms with Gasteiger partial charge in [-0.25, -0.2) is 9.67 Å². The first-order chi connectivity index (χ1) is 16.4. The number of ether oxygens (including phenoxy) is 2. The van der Waals surface area contributed by atoms with E-state index in [1.807, 2.05) is 6.07 Å². The van der Waals surface area contributed by atoms with Gasteiger partial charge < -0.3 is 19.7 Å². The third-order valence-electron chi connectivity index (χ3n) is 5.97. The Morgan fingerprint density at radius 2 is 1.88 bits per heavy atom. The molecule has 0 atom stereocenters. The summed E-state index contributed by atoms with van der Waals surface area (Å²) >= 11 is 0. The summed E-state index contributed by atoms with van der Waals surface area (Å²) in [6.45, 7) is 5.12. The highest BCUT2D eigenvalue weighted by Gasteiger charge is 2.31. The highest BCUT2D eigenvalue weighted by molar-refractivity contribution is 5.57. The first-order valence-corrected chi connectivity index (χ1v) is 10.9. The van der Waals surface area contributed by atoms with Crippen molar-refractivity contribution in [2.75, 3.05) is 56.7 Å². The summed E-state index contributed by atoms with van der Waals surface area (Å²) in [5.74, 6) is 2.08. The molecule has 1 aromatic carbocycles. The van der Waals surface area contributed by atoms with E-state index >= 15 is 0 Å². The lowest BCUT2D eigenvalue weighted by molar-refractivity contribution is -0.137. The summed E-state index contributed by atoms with van der Waals surface area (Å²) in [4.78, 5) is 13.5. The molecule has 34 heavy (non-hydrogen) atoms. The van der Waals surface area contributed by atoms with Crippen molar-refractivity contribution in [3.8, 4) is 11.4 Å². The maximum Gasteiger partial charge on any atom is 0.416 e. The first-order valence-electron chi connectivity index (χ1n) is 10.9. The molecule has 3 aromatic rings. The fourth-order valence-electron chi connectivity index (χ4n) is 3.97. The van der Waals surface area contributed by atoms with Gasteiger partial charge in [-0.05, 0) is 18.2 Å². The standard InChI is InChI=1S/C22H24F3N7O2/c1-33-18-10-19(27-20(11-18)31-7-5-30(6-8-31)17-12-34-13-17)28-21-26-14-32(29-21)16-4-2-3-15(9-16)22(23,24)25/h2-4,9-11,14,17H,5-8,12-13H2,1H3,(H,27,28,29). The van der Waals surface area contributed by atoms with Crippen molar-refractivity contribution >= 4 is 17.6 Å². The van der Waals surface area contributed by atoms with Crippen LogP contribution in [0.15, 0.2) is 42.7 Å². The molecule has 0 amide bonds. The molecule has 0 radical (unpaired) electrons. The average Bonchev–Trinajstić information content (AvgIpc) is 3.26. The van der Waals surface area contributed by atoms with E-state index in [2.05, 4.69) is 30.2 Å². The number of nitrogens with one attached hydrogen (secondary N) is 1. The minimum absolute atomic E-state index is 0.207. The lowest BCUT2D eigenvalue weighted by Crippen LogP contribution is -2.56. The van der Waals surface area contributed by atoms with E-state index in [0.29, 0.717) is 17.6 Å². The molecule has 2 saturated heterocycles. The maximum absolute atomic E-state index is 13.0. The second-order valence-electron chi connectivity index (χ2n) is 8.15. The smallest absolute Gasteiger partial charge is 0.416 e. The van der Waals surface area contributed by atoms with Gasteiger partial charge in [0.15, 0.2) is 0 Å². The van der Waals surface area contributed by atoms with E-state index in [0.717, 1.165) is 57.3 Å². The summed E-state index contributed by atoms with van der Waals surface area (Å²) in [5, 5.41) is 7.28. The van der Waals surface area contributed by atoms with Crippen LogP contribution in [0.2, 0.25) is 0 Å². The lowest BCUT2D eigenvalue weighted by Gasteiger charge is -2.42. The van der Waals surface area contributed by atoms with Gasteiger partial charge in [-0.3, -0.25) is 4.90 Å². The molecule has 0 aliphatic carbocycles. The number of hydrogen-bond acceptors (Lipinski definition) is 8. The van der Waals surface area contributed by atoms with Crippen molar-refractivity contribution in [3.63, 3.8) is 0 Å². The number of anilines is 3. The van der Waals surface area contributed by atoms with Crippen LogP contribution in [-0.4, -0.2) is 77.2 Å². The topological polar surface area (TPSA) is 80.6 Å². The van der Waals surface area contributed by atoms with Crippen molar-refractivity contribution < 1.29 is 22.6 Å². The third-order valence-corrected chi connectivity index (χ3v) is 5.97. The molecule has 180 valence electrons. The number of nitrogens with zero attached hydrogens (tertiary/aromatic N) is 6. The molecule has 1 N–H and O–H groups in total. The maximum atomic E-state index is 13.0.